The molecule has 0 fully saturated rings. The molecular weight excluding hydrogens is 234 g/mol. The molecule has 0 bridgehead atoms. The summed E-state index contributed by atoms with van der Waals surface area (Å²) in [5, 5.41) is 0. The zero-order valence-electron chi connectivity index (χ0n) is 12.4. The van der Waals surface area contributed by atoms with Gasteiger partial charge in [0.2, 0.25) is 0 Å². The van der Waals surface area contributed by atoms with Crippen LogP contribution in [0.2, 0.25) is 0 Å². The van der Waals surface area contributed by atoms with Crippen molar-refractivity contribution >= 4 is 11.5 Å². The summed E-state index contributed by atoms with van der Waals surface area (Å²) in [6.45, 7) is 8.52. The molecule has 0 N–H and O–H groups in total. The van der Waals surface area contributed by atoms with Crippen LogP contribution in [0.25, 0.3) is 0 Å². The first-order chi connectivity index (χ1) is 9.11. The topological polar surface area (TPSA) is 20.3 Å². The molecule has 1 aliphatic heterocycles. The maximum atomic E-state index is 11.5. The predicted molar refractivity (Wildman–Crippen MR) is 81.1 cm³/mol. The van der Waals surface area contributed by atoms with Gasteiger partial charge in [0, 0.05) is 24.3 Å². The molecule has 0 spiro atoms. The number of rotatable bonds is 5. The zero-order chi connectivity index (χ0) is 13.8. The second kappa shape index (κ2) is 6.23. The van der Waals surface area contributed by atoms with Gasteiger partial charge < -0.3 is 4.90 Å². The van der Waals surface area contributed by atoms with E-state index in [4.69, 9.17) is 0 Å². The first-order valence-corrected chi connectivity index (χ1v) is 7.50. The van der Waals surface area contributed by atoms with Crippen LogP contribution in [0.3, 0.4) is 0 Å². The normalized spacial score (nSPS) is 16.1. The summed E-state index contributed by atoms with van der Waals surface area (Å²) in [6, 6.07) is 6.21. The van der Waals surface area contributed by atoms with E-state index in [-0.39, 0.29) is 5.78 Å². The second-order valence-corrected chi connectivity index (χ2v) is 5.84. The van der Waals surface area contributed by atoms with Crippen molar-refractivity contribution < 1.29 is 4.79 Å². The molecule has 1 unspecified atom stereocenters. The predicted octanol–water partition coefficient (Wildman–Crippen LogP) is 4.08. The van der Waals surface area contributed by atoms with Crippen LogP contribution in [0.5, 0.6) is 0 Å². The SMILES string of the molecule is CCCC(C)CN1CCCc2cc(C(C)=O)ccc21. The lowest BCUT2D eigenvalue weighted by molar-refractivity contribution is 0.101. The van der Waals surface area contributed by atoms with Crippen molar-refractivity contribution in [2.24, 2.45) is 5.92 Å². The third-order valence-electron chi connectivity index (χ3n) is 4.01. The van der Waals surface area contributed by atoms with E-state index in [1.807, 2.05) is 6.07 Å². The van der Waals surface area contributed by atoms with Gasteiger partial charge in [-0.05, 0) is 55.9 Å². The lowest BCUT2D eigenvalue weighted by Crippen LogP contribution is -2.33. The summed E-state index contributed by atoms with van der Waals surface area (Å²) in [5.41, 5.74) is 3.55. The summed E-state index contributed by atoms with van der Waals surface area (Å²) in [7, 11) is 0. The summed E-state index contributed by atoms with van der Waals surface area (Å²) < 4.78 is 0. The Morgan fingerprint density at radius 1 is 1.42 bits per heavy atom. The average Bonchev–Trinajstić information content (AvgIpc) is 2.38. The van der Waals surface area contributed by atoms with E-state index in [0.29, 0.717) is 0 Å². The monoisotopic (exact) mass is 259 g/mol. The van der Waals surface area contributed by atoms with Crippen LogP contribution in [-0.2, 0) is 6.42 Å². The molecule has 0 amide bonds. The Kier molecular flexibility index (Phi) is 4.62. The summed E-state index contributed by atoms with van der Waals surface area (Å²) in [6.07, 6.45) is 4.85. The van der Waals surface area contributed by atoms with E-state index in [0.717, 1.165) is 31.0 Å². The van der Waals surface area contributed by atoms with E-state index < -0.39 is 0 Å². The fourth-order valence-corrected chi connectivity index (χ4v) is 3.04. The summed E-state index contributed by atoms with van der Waals surface area (Å²) in [5.74, 6) is 0.905. The first kappa shape index (κ1) is 14.1. The lowest BCUT2D eigenvalue weighted by atomic mass is 9.96. The average molecular weight is 259 g/mol. The molecule has 0 radical (unpaired) electrons. The number of ketones is 1. The summed E-state index contributed by atoms with van der Waals surface area (Å²) in [4.78, 5) is 14.0. The Labute approximate surface area is 116 Å². The minimum atomic E-state index is 0.166. The maximum Gasteiger partial charge on any atom is 0.159 e. The van der Waals surface area contributed by atoms with Gasteiger partial charge in [-0.2, -0.15) is 0 Å². The number of fused-ring (bicyclic) bond motifs is 1. The maximum absolute atomic E-state index is 11.5. The Hall–Kier alpha value is -1.31. The van der Waals surface area contributed by atoms with Crippen LogP contribution in [0, 0.1) is 5.92 Å². The molecule has 1 aromatic rings. The number of aryl methyl sites for hydroxylation is 1. The molecule has 0 saturated heterocycles. The molecule has 1 heterocycles. The molecule has 1 aromatic carbocycles. The fourth-order valence-electron chi connectivity index (χ4n) is 3.04. The Balaban J connectivity index is 2.17. The number of hydrogen-bond donors (Lipinski definition) is 0. The molecule has 0 aromatic heterocycles. The molecule has 104 valence electrons. The molecule has 1 atom stereocenters. The Bertz CT molecular complexity index is 453. The van der Waals surface area contributed by atoms with E-state index in [9.17, 15) is 4.79 Å². The van der Waals surface area contributed by atoms with Crippen molar-refractivity contribution in [1.82, 2.24) is 0 Å². The van der Waals surface area contributed by atoms with Gasteiger partial charge in [-0.3, -0.25) is 4.79 Å². The number of anilines is 1. The number of carbonyl (C=O) groups is 1. The van der Waals surface area contributed by atoms with Crippen LogP contribution >= 0.6 is 0 Å². The highest BCUT2D eigenvalue weighted by Crippen LogP contribution is 2.29. The van der Waals surface area contributed by atoms with Crippen molar-refractivity contribution in [2.45, 2.75) is 46.5 Å². The highest BCUT2D eigenvalue weighted by atomic mass is 16.1. The zero-order valence-corrected chi connectivity index (χ0v) is 12.4. The van der Waals surface area contributed by atoms with Gasteiger partial charge >= 0.3 is 0 Å². The van der Waals surface area contributed by atoms with E-state index >= 15 is 0 Å². The number of Topliss-reactive ketones (excluding diaryl/α,β-unsaturated/α-hetero) is 1. The Morgan fingerprint density at radius 3 is 2.89 bits per heavy atom. The molecule has 0 saturated carbocycles. The van der Waals surface area contributed by atoms with Crippen molar-refractivity contribution in [2.75, 3.05) is 18.0 Å². The van der Waals surface area contributed by atoms with E-state index in [2.05, 4.69) is 30.9 Å². The largest absolute Gasteiger partial charge is 0.371 e. The molecule has 0 aliphatic carbocycles. The van der Waals surface area contributed by atoms with Crippen molar-refractivity contribution in [3.8, 4) is 0 Å². The number of nitrogens with zero attached hydrogens (tertiary/aromatic N) is 1. The minimum absolute atomic E-state index is 0.166. The summed E-state index contributed by atoms with van der Waals surface area (Å²) >= 11 is 0. The van der Waals surface area contributed by atoms with Crippen LogP contribution in [0.4, 0.5) is 5.69 Å². The molecule has 2 nitrogen and oxygen atoms in total. The number of hydrogen-bond acceptors (Lipinski definition) is 2. The number of carbonyl (C=O) groups excluding carboxylic acids is 1. The smallest absolute Gasteiger partial charge is 0.159 e. The van der Waals surface area contributed by atoms with Crippen LogP contribution in [0.1, 0.15) is 56.0 Å². The van der Waals surface area contributed by atoms with Crippen LogP contribution in [-0.4, -0.2) is 18.9 Å². The highest BCUT2D eigenvalue weighted by Gasteiger charge is 2.19. The minimum Gasteiger partial charge on any atom is -0.371 e. The molecule has 1 aliphatic rings. The molecular formula is C17H25NO. The molecule has 2 rings (SSSR count). The lowest BCUT2D eigenvalue weighted by Gasteiger charge is -2.33. The van der Waals surface area contributed by atoms with Crippen molar-refractivity contribution in [1.29, 1.82) is 0 Å². The molecule has 2 heteroatoms. The fraction of sp³-hybridized carbons (Fsp3) is 0.588. The van der Waals surface area contributed by atoms with Gasteiger partial charge in [0.25, 0.3) is 0 Å². The van der Waals surface area contributed by atoms with Crippen molar-refractivity contribution in [3.05, 3.63) is 29.3 Å². The Morgan fingerprint density at radius 2 is 2.21 bits per heavy atom. The van der Waals surface area contributed by atoms with Gasteiger partial charge in [0.1, 0.15) is 0 Å². The van der Waals surface area contributed by atoms with Gasteiger partial charge in [-0.25, -0.2) is 0 Å². The van der Waals surface area contributed by atoms with E-state index in [1.54, 1.807) is 6.92 Å². The quantitative estimate of drug-likeness (QED) is 0.743. The molecule has 19 heavy (non-hydrogen) atoms. The van der Waals surface area contributed by atoms with Gasteiger partial charge in [-0.15, -0.1) is 0 Å². The van der Waals surface area contributed by atoms with Gasteiger partial charge in [0.15, 0.2) is 5.78 Å². The van der Waals surface area contributed by atoms with Gasteiger partial charge in [-0.1, -0.05) is 20.3 Å². The standard InChI is InChI=1S/C17H25NO/c1-4-6-13(2)12-18-10-5-7-16-11-15(14(3)19)8-9-17(16)18/h8-9,11,13H,4-7,10,12H2,1-3H3. The van der Waals surface area contributed by atoms with Crippen LogP contribution < -0.4 is 4.90 Å². The first-order valence-electron chi connectivity index (χ1n) is 7.50. The third-order valence-corrected chi connectivity index (χ3v) is 4.01. The third kappa shape index (κ3) is 3.37. The highest BCUT2D eigenvalue weighted by molar-refractivity contribution is 5.94. The van der Waals surface area contributed by atoms with Gasteiger partial charge in [0.05, 0.1) is 0 Å². The number of benzene rings is 1. The second-order valence-electron chi connectivity index (χ2n) is 5.84. The van der Waals surface area contributed by atoms with Crippen molar-refractivity contribution in [3.63, 3.8) is 0 Å². The van der Waals surface area contributed by atoms with E-state index in [1.165, 1.54) is 30.5 Å². The van der Waals surface area contributed by atoms with Crippen LogP contribution in [0.15, 0.2) is 18.2 Å².